The van der Waals surface area contributed by atoms with E-state index in [1.54, 1.807) is 7.11 Å². The number of benzene rings is 1. The van der Waals surface area contributed by atoms with Crippen molar-refractivity contribution in [2.45, 2.75) is 58.5 Å². The van der Waals surface area contributed by atoms with Crippen LogP contribution in [0.5, 0.6) is 5.75 Å². The summed E-state index contributed by atoms with van der Waals surface area (Å²) < 4.78 is 5.40. The van der Waals surface area contributed by atoms with Gasteiger partial charge < -0.3 is 15.0 Å². The minimum absolute atomic E-state index is 0.181. The Kier molecular flexibility index (Phi) is 7.10. The highest BCUT2D eigenvalue weighted by atomic mass is 16.5. The maximum Gasteiger partial charge on any atom is 0.220 e. The van der Waals surface area contributed by atoms with Crippen LogP contribution < -0.4 is 10.1 Å². The minimum atomic E-state index is 0.181. The summed E-state index contributed by atoms with van der Waals surface area (Å²) in [5, 5.41) is 3.23. The normalized spacial score (nSPS) is 17.7. The molecule has 24 heavy (non-hydrogen) atoms. The molecule has 1 atom stereocenters. The summed E-state index contributed by atoms with van der Waals surface area (Å²) in [5.41, 5.74) is 1.17. The van der Waals surface area contributed by atoms with E-state index < -0.39 is 0 Å². The van der Waals surface area contributed by atoms with E-state index in [0.29, 0.717) is 24.4 Å². The van der Waals surface area contributed by atoms with Crippen LogP contribution in [0.2, 0.25) is 0 Å². The first-order valence-electron chi connectivity index (χ1n) is 9.15. The Morgan fingerprint density at radius 2 is 1.92 bits per heavy atom. The number of para-hydroxylation sites is 1. The fourth-order valence-electron chi connectivity index (χ4n) is 3.48. The van der Waals surface area contributed by atoms with Crippen molar-refractivity contribution < 1.29 is 9.53 Å². The van der Waals surface area contributed by atoms with Crippen LogP contribution in [0.3, 0.4) is 0 Å². The van der Waals surface area contributed by atoms with E-state index in [1.807, 2.05) is 18.2 Å². The number of methoxy groups -OCH3 is 1. The Bertz CT molecular complexity index is 522. The number of hydrogen-bond donors (Lipinski definition) is 1. The van der Waals surface area contributed by atoms with Crippen molar-refractivity contribution in [1.29, 1.82) is 0 Å². The monoisotopic (exact) mass is 332 g/mol. The number of ether oxygens (including phenoxy) is 1. The molecule has 1 aromatic rings. The van der Waals surface area contributed by atoms with Gasteiger partial charge in [0.2, 0.25) is 5.91 Å². The molecule has 134 valence electrons. The molecule has 1 heterocycles. The molecule has 4 heteroatoms. The number of hydrogen-bond acceptors (Lipinski definition) is 3. The van der Waals surface area contributed by atoms with E-state index in [9.17, 15) is 4.79 Å². The molecule has 1 fully saturated rings. The van der Waals surface area contributed by atoms with Crippen LogP contribution in [0.1, 0.15) is 45.6 Å². The molecule has 1 aliphatic rings. The molecular formula is C20H32N2O2. The maximum atomic E-state index is 12.3. The van der Waals surface area contributed by atoms with E-state index in [4.69, 9.17) is 4.74 Å². The smallest absolute Gasteiger partial charge is 0.220 e. The van der Waals surface area contributed by atoms with Crippen LogP contribution in [-0.2, 0) is 11.2 Å². The van der Waals surface area contributed by atoms with Gasteiger partial charge in [0.05, 0.1) is 7.11 Å². The molecule has 1 N–H and O–H groups in total. The Labute approximate surface area is 146 Å². The van der Waals surface area contributed by atoms with E-state index in [1.165, 1.54) is 5.56 Å². The summed E-state index contributed by atoms with van der Waals surface area (Å²) in [5.74, 6) is 1.39. The zero-order valence-corrected chi connectivity index (χ0v) is 15.5. The summed E-state index contributed by atoms with van der Waals surface area (Å²) in [7, 11) is 1.69. The van der Waals surface area contributed by atoms with Gasteiger partial charge in [0.25, 0.3) is 0 Å². The van der Waals surface area contributed by atoms with Gasteiger partial charge in [-0.1, -0.05) is 25.1 Å². The third-order valence-corrected chi connectivity index (χ3v) is 4.92. The Hall–Kier alpha value is -1.55. The fraction of sp³-hybridized carbons (Fsp3) is 0.650. The highest BCUT2D eigenvalue weighted by Gasteiger charge is 2.22. The standard InChI is InChI=1S/C20H32N2O2/c1-15(2)22-11-9-18(10-12-22)21-20(23)14-16(3)13-17-7-5-6-8-19(17)24-4/h5-8,15-16,18H,9-14H2,1-4H3,(H,21,23)/t16-/m0/s1. The predicted octanol–water partition coefficient (Wildman–Crippen LogP) is 3.25. The lowest BCUT2D eigenvalue weighted by molar-refractivity contribution is -0.122. The number of carbonyl (C=O) groups is 1. The molecule has 2 rings (SSSR count). The number of piperidine rings is 1. The van der Waals surface area contributed by atoms with Gasteiger partial charge in [-0.15, -0.1) is 0 Å². The Morgan fingerprint density at radius 1 is 1.25 bits per heavy atom. The van der Waals surface area contributed by atoms with E-state index >= 15 is 0 Å². The quantitative estimate of drug-likeness (QED) is 0.833. The predicted molar refractivity (Wildman–Crippen MR) is 98.4 cm³/mol. The summed E-state index contributed by atoms with van der Waals surface area (Å²) in [6.45, 7) is 8.77. The average molecular weight is 332 g/mol. The second-order valence-electron chi connectivity index (χ2n) is 7.30. The lowest BCUT2D eigenvalue weighted by Crippen LogP contribution is -2.46. The molecule has 0 unspecified atom stereocenters. The third kappa shape index (κ3) is 5.52. The van der Waals surface area contributed by atoms with Gasteiger partial charge in [-0.05, 0) is 50.7 Å². The van der Waals surface area contributed by atoms with Crippen LogP contribution in [0, 0.1) is 5.92 Å². The lowest BCUT2D eigenvalue weighted by Gasteiger charge is -2.35. The molecule has 0 aliphatic carbocycles. The van der Waals surface area contributed by atoms with Crippen molar-refractivity contribution in [2.75, 3.05) is 20.2 Å². The minimum Gasteiger partial charge on any atom is -0.496 e. The summed E-state index contributed by atoms with van der Waals surface area (Å²) >= 11 is 0. The molecule has 1 amide bonds. The maximum absolute atomic E-state index is 12.3. The first-order chi connectivity index (χ1) is 11.5. The molecule has 0 radical (unpaired) electrons. The number of nitrogens with zero attached hydrogens (tertiary/aromatic N) is 1. The van der Waals surface area contributed by atoms with Crippen LogP contribution >= 0.6 is 0 Å². The van der Waals surface area contributed by atoms with Gasteiger partial charge in [0, 0.05) is 31.6 Å². The van der Waals surface area contributed by atoms with E-state index in [0.717, 1.165) is 38.1 Å². The number of likely N-dealkylation sites (tertiary alicyclic amines) is 1. The molecule has 0 aromatic heterocycles. The van der Waals surface area contributed by atoms with Crippen LogP contribution in [0.4, 0.5) is 0 Å². The van der Waals surface area contributed by atoms with Crippen LogP contribution in [-0.4, -0.2) is 43.1 Å². The topological polar surface area (TPSA) is 41.6 Å². The molecule has 1 saturated heterocycles. The third-order valence-electron chi connectivity index (χ3n) is 4.92. The lowest BCUT2D eigenvalue weighted by atomic mass is 9.96. The van der Waals surface area contributed by atoms with Crippen molar-refractivity contribution in [3.8, 4) is 5.75 Å². The highest BCUT2D eigenvalue weighted by molar-refractivity contribution is 5.76. The zero-order valence-electron chi connectivity index (χ0n) is 15.5. The van der Waals surface area contributed by atoms with Crippen molar-refractivity contribution in [2.24, 2.45) is 5.92 Å². The van der Waals surface area contributed by atoms with Gasteiger partial charge in [-0.2, -0.15) is 0 Å². The number of amides is 1. The molecule has 0 saturated carbocycles. The summed E-state index contributed by atoms with van der Waals surface area (Å²) in [6.07, 6.45) is 3.56. The molecule has 4 nitrogen and oxygen atoms in total. The van der Waals surface area contributed by atoms with Crippen molar-refractivity contribution in [3.63, 3.8) is 0 Å². The number of rotatable bonds is 7. The van der Waals surface area contributed by atoms with E-state index in [-0.39, 0.29) is 5.91 Å². The van der Waals surface area contributed by atoms with Crippen molar-refractivity contribution in [1.82, 2.24) is 10.2 Å². The van der Waals surface area contributed by atoms with Gasteiger partial charge in [-0.25, -0.2) is 0 Å². The van der Waals surface area contributed by atoms with Gasteiger partial charge >= 0.3 is 0 Å². The first-order valence-corrected chi connectivity index (χ1v) is 9.15. The van der Waals surface area contributed by atoms with Gasteiger partial charge in [-0.3, -0.25) is 4.79 Å². The Balaban J connectivity index is 1.76. The molecule has 0 bridgehead atoms. The largest absolute Gasteiger partial charge is 0.496 e. The number of carbonyl (C=O) groups excluding carboxylic acids is 1. The molecule has 1 aliphatic heterocycles. The van der Waals surface area contributed by atoms with Crippen LogP contribution in [0.15, 0.2) is 24.3 Å². The van der Waals surface area contributed by atoms with Crippen molar-refractivity contribution >= 4 is 5.91 Å². The second-order valence-corrected chi connectivity index (χ2v) is 7.30. The van der Waals surface area contributed by atoms with Crippen molar-refractivity contribution in [3.05, 3.63) is 29.8 Å². The second kappa shape index (κ2) is 9.07. The fourth-order valence-corrected chi connectivity index (χ4v) is 3.48. The van der Waals surface area contributed by atoms with Crippen LogP contribution in [0.25, 0.3) is 0 Å². The first kappa shape index (κ1) is 18.8. The van der Waals surface area contributed by atoms with Gasteiger partial charge in [0.1, 0.15) is 5.75 Å². The molecular weight excluding hydrogens is 300 g/mol. The summed E-state index contributed by atoms with van der Waals surface area (Å²) in [6, 6.07) is 8.99. The average Bonchev–Trinajstić information content (AvgIpc) is 2.55. The van der Waals surface area contributed by atoms with E-state index in [2.05, 4.69) is 37.1 Å². The summed E-state index contributed by atoms with van der Waals surface area (Å²) in [4.78, 5) is 14.8. The molecule has 1 aromatic carbocycles. The SMILES string of the molecule is COc1ccccc1C[C@H](C)CC(=O)NC1CCN(C(C)C)CC1. The highest BCUT2D eigenvalue weighted by Crippen LogP contribution is 2.22. The zero-order chi connectivity index (χ0) is 17.5. The molecule has 0 spiro atoms. The Morgan fingerprint density at radius 3 is 2.54 bits per heavy atom. The van der Waals surface area contributed by atoms with Gasteiger partial charge in [0.15, 0.2) is 0 Å². The number of nitrogens with one attached hydrogen (secondary N) is 1.